The average molecular weight is 340 g/mol. The second kappa shape index (κ2) is 5.41. The SMILES string of the molecule is CC(O)[C@@H]1CC[C@H]2[C@@H]3CC[C@H]4CC(F)(F)CC[C@]4(C)[C@H]3CC[C@]12C. The molecule has 4 rings (SSSR count). The number of halogens is 2. The molecule has 0 bridgehead atoms. The van der Waals surface area contributed by atoms with Gasteiger partial charge in [-0.25, -0.2) is 8.78 Å². The lowest BCUT2D eigenvalue weighted by atomic mass is 9.44. The Balaban J connectivity index is 1.60. The molecule has 0 saturated heterocycles. The number of aliphatic hydroxyl groups excluding tert-OH is 1. The van der Waals surface area contributed by atoms with E-state index >= 15 is 0 Å². The lowest BCUT2D eigenvalue weighted by Gasteiger charge is -2.61. The van der Waals surface area contributed by atoms with Gasteiger partial charge in [-0.3, -0.25) is 0 Å². The van der Waals surface area contributed by atoms with Gasteiger partial charge in [-0.1, -0.05) is 13.8 Å². The zero-order valence-electron chi connectivity index (χ0n) is 15.5. The van der Waals surface area contributed by atoms with Crippen LogP contribution in [0.5, 0.6) is 0 Å². The van der Waals surface area contributed by atoms with Crippen LogP contribution in [0.1, 0.15) is 78.6 Å². The Morgan fingerprint density at radius 1 is 0.875 bits per heavy atom. The summed E-state index contributed by atoms with van der Waals surface area (Å²) < 4.78 is 27.9. The Morgan fingerprint density at radius 2 is 1.58 bits per heavy atom. The van der Waals surface area contributed by atoms with Crippen LogP contribution in [0.4, 0.5) is 8.78 Å². The lowest BCUT2D eigenvalue weighted by molar-refractivity contribution is -0.165. The van der Waals surface area contributed by atoms with Crippen molar-refractivity contribution < 1.29 is 13.9 Å². The molecule has 0 heterocycles. The predicted octanol–water partition coefficient (Wildman–Crippen LogP) is 5.66. The maximum atomic E-state index is 14.0. The Labute approximate surface area is 145 Å². The predicted molar refractivity (Wildman–Crippen MR) is 91.8 cm³/mol. The van der Waals surface area contributed by atoms with Crippen molar-refractivity contribution in [3.8, 4) is 0 Å². The van der Waals surface area contributed by atoms with Crippen molar-refractivity contribution in [1.82, 2.24) is 0 Å². The zero-order chi connectivity index (χ0) is 17.3. The summed E-state index contributed by atoms with van der Waals surface area (Å²) in [4.78, 5) is 0. The van der Waals surface area contributed by atoms with E-state index in [4.69, 9.17) is 0 Å². The van der Waals surface area contributed by atoms with Crippen molar-refractivity contribution in [3.05, 3.63) is 0 Å². The fourth-order valence-corrected chi connectivity index (χ4v) is 8.01. The molecule has 0 aromatic rings. The molecule has 0 spiro atoms. The summed E-state index contributed by atoms with van der Waals surface area (Å²) in [6.07, 6.45) is 7.66. The first-order valence-corrected chi connectivity index (χ1v) is 10.2. The van der Waals surface area contributed by atoms with Crippen molar-refractivity contribution in [3.63, 3.8) is 0 Å². The monoisotopic (exact) mass is 340 g/mol. The van der Waals surface area contributed by atoms with E-state index in [1.54, 1.807) is 0 Å². The van der Waals surface area contributed by atoms with Gasteiger partial charge in [0.05, 0.1) is 6.10 Å². The third-order valence-electron chi connectivity index (χ3n) is 9.30. The van der Waals surface area contributed by atoms with Crippen LogP contribution in [0.25, 0.3) is 0 Å². The second-order valence-electron chi connectivity index (χ2n) is 10.2. The van der Waals surface area contributed by atoms with Gasteiger partial charge < -0.3 is 5.11 Å². The molecule has 4 aliphatic carbocycles. The largest absolute Gasteiger partial charge is 0.393 e. The Bertz CT molecular complexity index is 504. The van der Waals surface area contributed by atoms with Crippen LogP contribution in [0.2, 0.25) is 0 Å². The molecule has 4 fully saturated rings. The van der Waals surface area contributed by atoms with E-state index in [2.05, 4.69) is 13.8 Å². The number of fused-ring (bicyclic) bond motifs is 5. The fraction of sp³-hybridized carbons (Fsp3) is 1.00. The van der Waals surface area contributed by atoms with E-state index in [0.717, 1.165) is 25.7 Å². The third-order valence-corrected chi connectivity index (χ3v) is 9.30. The van der Waals surface area contributed by atoms with Crippen LogP contribution >= 0.6 is 0 Å². The van der Waals surface area contributed by atoms with Crippen molar-refractivity contribution in [2.45, 2.75) is 90.6 Å². The summed E-state index contributed by atoms with van der Waals surface area (Å²) in [5, 5.41) is 10.3. The molecule has 3 heteroatoms. The van der Waals surface area contributed by atoms with E-state index in [-0.39, 0.29) is 35.7 Å². The number of hydrogen-bond donors (Lipinski definition) is 1. The first kappa shape index (κ1) is 17.2. The normalized spacial score (nSPS) is 54.5. The van der Waals surface area contributed by atoms with Crippen molar-refractivity contribution >= 4 is 0 Å². The molecular weight excluding hydrogens is 306 g/mol. The summed E-state index contributed by atoms with van der Waals surface area (Å²) >= 11 is 0. The van der Waals surface area contributed by atoms with Crippen LogP contribution in [-0.2, 0) is 0 Å². The minimum absolute atomic E-state index is 0.0987. The van der Waals surface area contributed by atoms with E-state index in [1.807, 2.05) is 6.92 Å². The first-order valence-electron chi connectivity index (χ1n) is 10.2. The maximum absolute atomic E-state index is 14.0. The van der Waals surface area contributed by atoms with Crippen LogP contribution in [0.3, 0.4) is 0 Å². The van der Waals surface area contributed by atoms with Gasteiger partial charge in [0.2, 0.25) is 5.92 Å². The smallest absolute Gasteiger partial charge is 0.248 e. The van der Waals surface area contributed by atoms with Gasteiger partial charge in [0.25, 0.3) is 0 Å². The standard InChI is InChI=1S/C21H34F2O/c1-13(24)16-6-7-17-15-5-4-14-12-21(22,23)11-10-19(14,2)18(15)8-9-20(16,17)3/h13-18,24H,4-12H2,1-3H3/t13?,14-,15-,16-,17-,18-,19-,20+/m0/s1. The van der Waals surface area contributed by atoms with Gasteiger partial charge in [-0.2, -0.15) is 0 Å². The fourth-order valence-electron chi connectivity index (χ4n) is 8.01. The average Bonchev–Trinajstić information content (AvgIpc) is 2.85. The molecular formula is C21H34F2O. The van der Waals surface area contributed by atoms with Crippen LogP contribution < -0.4 is 0 Å². The number of hydrogen-bond acceptors (Lipinski definition) is 1. The van der Waals surface area contributed by atoms with Crippen LogP contribution in [0, 0.1) is 40.4 Å². The van der Waals surface area contributed by atoms with Crippen molar-refractivity contribution in [1.29, 1.82) is 0 Å². The highest BCUT2D eigenvalue weighted by molar-refractivity contribution is 5.10. The maximum Gasteiger partial charge on any atom is 0.248 e. The molecule has 4 aliphatic rings. The van der Waals surface area contributed by atoms with Gasteiger partial charge in [-0.15, -0.1) is 0 Å². The van der Waals surface area contributed by atoms with E-state index in [1.165, 1.54) is 19.3 Å². The Kier molecular flexibility index (Phi) is 3.89. The summed E-state index contributed by atoms with van der Waals surface area (Å²) in [6, 6.07) is 0. The number of aliphatic hydroxyl groups is 1. The van der Waals surface area contributed by atoms with Gasteiger partial charge >= 0.3 is 0 Å². The highest BCUT2D eigenvalue weighted by atomic mass is 19.3. The second-order valence-corrected chi connectivity index (χ2v) is 10.2. The van der Waals surface area contributed by atoms with Crippen LogP contribution in [-0.4, -0.2) is 17.1 Å². The molecule has 0 aromatic carbocycles. The Morgan fingerprint density at radius 3 is 2.29 bits per heavy atom. The molecule has 1 nitrogen and oxygen atoms in total. The summed E-state index contributed by atoms with van der Waals surface area (Å²) in [7, 11) is 0. The minimum atomic E-state index is -2.43. The molecule has 4 saturated carbocycles. The quantitative estimate of drug-likeness (QED) is 0.653. The van der Waals surface area contributed by atoms with Gasteiger partial charge in [-0.05, 0) is 92.3 Å². The molecule has 0 aromatic heterocycles. The van der Waals surface area contributed by atoms with E-state index in [0.29, 0.717) is 23.7 Å². The molecule has 24 heavy (non-hydrogen) atoms. The molecule has 0 radical (unpaired) electrons. The van der Waals surface area contributed by atoms with E-state index in [9.17, 15) is 13.9 Å². The van der Waals surface area contributed by atoms with Crippen LogP contribution in [0.15, 0.2) is 0 Å². The Hall–Kier alpha value is -0.180. The molecule has 1 unspecified atom stereocenters. The molecule has 0 amide bonds. The van der Waals surface area contributed by atoms with Crippen molar-refractivity contribution in [2.24, 2.45) is 40.4 Å². The topological polar surface area (TPSA) is 20.2 Å². The van der Waals surface area contributed by atoms with Crippen molar-refractivity contribution in [2.75, 3.05) is 0 Å². The third kappa shape index (κ3) is 2.32. The summed E-state index contributed by atoms with van der Waals surface area (Å²) in [5.41, 5.74) is 0.409. The lowest BCUT2D eigenvalue weighted by Crippen LogP contribution is -2.55. The summed E-state index contributed by atoms with van der Waals surface area (Å²) in [6.45, 7) is 6.72. The molecule has 8 atom stereocenters. The van der Waals surface area contributed by atoms with E-state index < -0.39 is 5.92 Å². The highest BCUT2D eigenvalue weighted by Crippen LogP contribution is 2.68. The zero-order valence-corrected chi connectivity index (χ0v) is 15.5. The molecule has 0 aliphatic heterocycles. The first-order chi connectivity index (χ1) is 11.2. The van der Waals surface area contributed by atoms with Gasteiger partial charge in [0.15, 0.2) is 0 Å². The number of rotatable bonds is 1. The molecule has 138 valence electrons. The van der Waals surface area contributed by atoms with Gasteiger partial charge in [0.1, 0.15) is 0 Å². The molecule has 1 N–H and O–H groups in total. The number of alkyl halides is 2. The summed E-state index contributed by atoms with van der Waals surface area (Å²) in [5.74, 6) is 0.283. The minimum Gasteiger partial charge on any atom is -0.393 e. The highest BCUT2D eigenvalue weighted by Gasteiger charge is 2.62. The van der Waals surface area contributed by atoms with Gasteiger partial charge in [0, 0.05) is 12.8 Å².